The van der Waals surface area contributed by atoms with Gasteiger partial charge in [-0.1, -0.05) is 174 Å². The van der Waals surface area contributed by atoms with Crippen molar-refractivity contribution < 1.29 is 0 Å². The van der Waals surface area contributed by atoms with E-state index in [2.05, 4.69) is 209 Å². The Kier molecular flexibility index (Phi) is 12.4. The first-order chi connectivity index (χ1) is 29.5. The molecule has 8 rings (SSSR count). The fourth-order valence-corrected chi connectivity index (χ4v) is 8.14. The summed E-state index contributed by atoms with van der Waals surface area (Å²) < 4.78 is 0. The predicted octanol–water partition coefficient (Wildman–Crippen LogP) is 14.0. The molecule has 0 spiro atoms. The first-order valence-electron chi connectivity index (χ1n) is 21.8. The van der Waals surface area contributed by atoms with Crippen molar-refractivity contribution in [2.45, 2.75) is 79.1 Å². The summed E-state index contributed by atoms with van der Waals surface area (Å²) in [7, 11) is 0. The van der Waals surface area contributed by atoms with Crippen LogP contribution in [-0.2, 0) is 25.7 Å². The number of aryl methyl sites for hydroxylation is 4. The van der Waals surface area contributed by atoms with Gasteiger partial charge in [0.2, 0.25) is 0 Å². The fourth-order valence-electron chi connectivity index (χ4n) is 8.14. The summed E-state index contributed by atoms with van der Waals surface area (Å²) in [6.07, 6.45) is 8.78. The minimum Gasteiger partial charge on any atom is -0.0651 e. The fraction of sp³-hybridized carbons (Fsp3) is 0.200. The van der Waals surface area contributed by atoms with E-state index in [9.17, 15) is 0 Å². The van der Waals surface area contributed by atoms with Gasteiger partial charge in [0.05, 0.1) is 0 Å². The molecule has 0 N–H and O–H groups in total. The highest BCUT2D eigenvalue weighted by molar-refractivity contribution is 6.26. The lowest BCUT2D eigenvalue weighted by atomic mass is 9.86. The second kappa shape index (κ2) is 18.7. The van der Waals surface area contributed by atoms with Crippen LogP contribution in [0.5, 0.6) is 0 Å². The van der Waals surface area contributed by atoms with Gasteiger partial charge >= 0.3 is 0 Å². The first kappa shape index (κ1) is 39.8. The second-order valence-electron chi connectivity index (χ2n) is 15.8. The van der Waals surface area contributed by atoms with Crippen molar-refractivity contribution in [2.24, 2.45) is 0 Å². The molecule has 0 saturated heterocycles. The molecule has 0 heterocycles. The van der Waals surface area contributed by atoms with Gasteiger partial charge in [-0.2, -0.15) is 0 Å². The molecule has 0 aliphatic heterocycles. The number of rotatable bonds is 8. The molecular weight excluding hydrogens is 721 g/mol. The van der Waals surface area contributed by atoms with E-state index in [1.54, 1.807) is 0 Å². The molecule has 0 atom stereocenters. The third-order valence-corrected chi connectivity index (χ3v) is 11.2. The smallest absolute Gasteiger partial charge is 0.0340 e. The Morgan fingerprint density at radius 1 is 0.267 bits per heavy atom. The molecule has 8 aromatic carbocycles. The van der Waals surface area contributed by atoms with Gasteiger partial charge in [-0.15, -0.1) is 0 Å². The molecule has 0 fully saturated rings. The Morgan fingerprint density at radius 2 is 0.483 bits per heavy atom. The maximum atomic E-state index is 3.60. The van der Waals surface area contributed by atoms with Crippen LogP contribution >= 0.6 is 0 Å². The monoisotopic (exact) mass is 770 g/mol. The summed E-state index contributed by atoms with van der Waals surface area (Å²) in [5.41, 5.74) is 13.2. The average Bonchev–Trinajstić information content (AvgIpc) is 3.28. The van der Waals surface area contributed by atoms with Crippen LogP contribution in [0.4, 0.5) is 0 Å². The zero-order chi connectivity index (χ0) is 41.3. The van der Waals surface area contributed by atoms with Crippen LogP contribution in [0.2, 0.25) is 0 Å². The van der Waals surface area contributed by atoms with Crippen LogP contribution in [0, 0.1) is 47.4 Å². The quantitative estimate of drug-likeness (QED) is 0.107. The lowest BCUT2D eigenvalue weighted by molar-refractivity contribution is 0.922. The van der Waals surface area contributed by atoms with Crippen LogP contribution in [0.3, 0.4) is 0 Å². The van der Waals surface area contributed by atoms with E-state index in [1.165, 1.54) is 22.3 Å². The lowest BCUT2D eigenvalue weighted by Gasteiger charge is -2.16. The summed E-state index contributed by atoms with van der Waals surface area (Å²) in [6.45, 7) is 8.86. The Labute approximate surface area is 357 Å². The normalized spacial score (nSPS) is 10.7. The highest BCUT2D eigenvalue weighted by Crippen LogP contribution is 2.40. The molecule has 290 valence electrons. The summed E-state index contributed by atoms with van der Waals surface area (Å²) in [5.74, 6) is 28.4. The molecule has 0 amide bonds. The van der Waals surface area contributed by atoms with E-state index in [1.807, 2.05) is 0 Å². The maximum absolute atomic E-state index is 3.60. The maximum Gasteiger partial charge on any atom is 0.0340 e. The zero-order valence-electron chi connectivity index (χ0n) is 35.4. The van der Waals surface area contributed by atoms with Crippen molar-refractivity contribution in [3.05, 3.63) is 200 Å². The highest BCUT2D eigenvalue weighted by atomic mass is 14.2. The molecule has 0 aliphatic rings. The van der Waals surface area contributed by atoms with E-state index in [0.29, 0.717) is 0 Å². The predicted molar refractivity (Wildman–Crippen MR) is 256 cm³/mol. The molecule has 60 heavy (non-hydrogen) atoms. The standard InChI is InChI=1S/C60H50/c1-5-9-43-13-21-47(22-14-43)29-33-51-41-52(34-30-48-23-15-44(10-6-2)16-24-48)56-39-40-58-54(36-32-50-27-19-46(12-8-4)20-28-50)42-53(57-38-37-55(51)59(56)60(57)58)35-31-49-25-17-45(11-7-3)18-26-49/h13-28,37-42H,5-12H2,1-4H3. The molecule has 0 nitrogen and oxygen atoms in total. The summed E-state index contributed by atoms with van der Waals surface area (Å²) in [6, 6.07) is 48.0. The third kappa shape index (κ3) is 9.02. The van der Waals surface area contributed by atoms with Gasteiger partial charge in [0.15, 0.2) is 0 Å². The van der Waals surface area contributed by atoms with Gasteiger partial charge < -0.3 is 0 Å². The number of hydrogen-bond acceptors (Lipinski definition) is 0. The molecule has 0 unspecified atom stereocenters. The number of benzene rings is 8. The third-order valence-electron chi connectivity index (χ3n) is 11.2. The van der Waals surface area contributed by atoms with E-state index in [4.69, 9.17) is 0 Å². The zero-order valence-corrected chi connectivity index (χ0v) is 35.4. The Hall–Kier alpha value is -6.96. The summed E-state index contributed by atoms with van der Waals surface area (Å²) >= 11 is 0. The van der Waals surface area contributed by atoms with Crippen molar-refractivity contribution in [3.8, 4) is 47.4 Å². The SMILES string of the molecule is CCCc1ccc(C#Cc2cc(C#Cc3ccc(CCC)cc3)c3ccc4c(C#Cc5ccc(CCC)cc5)cc(C#Cc5ccc(CCC)cc5)c5ccc2c3c54)cc1. The topological polar surface area (TPSA) is 0 Å². The summed E-state index contributed by atoms with van der Waals surface area (Å²) in [4.78, 5) is 0. The average molecular weight is 771 g/mol. The van der Waals surface area contributed by atoms with E-state index < -0.39 is 0 Å². The van der Waals surface area contributed by atoms with Crippen LogP contribution in [0.1, 0.15) is 120 Å². The molecule has 0 saturated carbocycles. The van der Waals surface area contributed by atoms with Crippen molar-refractivity contribution in [1.29, 1.82) is 0 Å². The van der Waals surface area contributed by atoms with Gasteiger partial charge in [0, 0.05) is 44.5 Å². The van der Waals surface area contributed by atoms with Gasteiger partial charge in [0.25, 0.3) is 0 Å². The molecule has 0 aliphatic carbocycles. The molecule has 0 heteroatoms. The number of hydrogen-bond donors (Lipinski definition) is 0. The minimum absolute atomic E-state index is 0.959. The highest BCUT2D eigenvalue weighted by Gasteiger charge is 2.17. The Morgan fingerprint density at radius 3 is 0.683 bits per heavy atom. The van der Waals surface area contributed by atoms with Crippen LogP contribution in [0.25, 0.3) is 32.3 Å². The van der Waals surface area contributed by atoms with Crippen LogP contribution in [0.15, 0.2) is 133 Å². The van der Waals surface area contributed by atoms with Crippen molar-refractivity contribution in [1.82, 2.24) is 0 Å². The van der Waals surface area contributed by atoms with Crippen molar-refractivity contribution >= 4 is 32.3 Å². The lowest BCUT2D eigenvalue weighted by Crippen LogP contribution is -1.95. The second-order valence-corrected chi connectivity index (χ2v) is 15.8. The molecule has 8 aromatic rings. The molecular formula is C60H50. The minimum atomic E-state index is 0.959. The van der Waals surface area contributed by atoms with Crippen molar-refractivity contribution in [2.75, 3.05) is 0 Å². The first-order valence-corrected chi connectivity index (χ1v) is 21.8. The van der Waals surface area contributed by atoms with Crippen molar-refractivity contribution in [3.63, 3.8) is 0 Å². The van der Waals surface area contributed by atoms with Gasteiger partial charge in [-0.3, -0.25) is 0 Å². The van der Waals surface area contributed by atoms with Gasteiger partial charge in [0.1, 0.15) is 0 Å². The van der Waals surface area contributed by atoms with Crippen LogP contribution in [-0.4, -0.2) is 0 Å². The largest absolute Gasteiger partial charge is 0.0651 e. The summed E-state index contributed by atoms with van der Waals surface area (Å²) in [5, 5.41) is 6.73. The van der Waals surface area contributed by atoms with Gasteiger partial charge in [-0.05, 0) is 141 Å². The van der Waals surface area contributed by atoms with E-state index >= 15 is 0 Å². The van der Waals surface area contributed by atoms with E-state index in [-0.39, 0.29) is 0 Å². The van der Waals surface area contributed by atoms with E-state index in [0.717, 1.165) is 128 Å². The Bertz CT molecular complexity index is 2620. The molecule has 0 aromatic heterocycles. The van der Waals surface area contributed by atoms with Gasteiger partial charge in [-0.25, -0.2) is 0 Å². The molecule has 0 bridgehead atoms. The van der Waals surface area contributed by atoms with Crippen LogP contribution < -0.4 is 0 Å². The molecule has 0 radical (unpaired) electrons. The Balaban J connectivity index is 1.35.